The van der Waals surface area contributed by atoms with E-state index in [1.54, 1.807) is 0 Å². The van der Waals surface area contributed by atoms with E-state index in [0.717, 1.165) is 18.4 Å². The van der Waals surface area contributed by atoms with Crippen LogP contribution in [0.5, 0.6) is 0 Å². The van der Waals surface area contributed by atoms with E-state index in [4.69, 9.17) is 4.74 Å². The highest BCUT2D eigenvalue weighted by Crippen LogP contribution is 2.08. The number of aryl methyl sites for hydroxylation is 2. The summed E-state index contributed by atoms with van der Waals surface area (Å²) in [4.78, 5) is 24.1. The van der Waals surface area contributed by atoms with E-state index in [1.165, 1.54) is 18.2 Å². The first-order valence-electron chi connectivity index (χ1n) is 8.55. The number of esters is 1. The van der Waals surface area contributed by atoms with Gasteiger partial charge in [-0.2, -0.15) is 0 Å². The largest absolute Gasteiger partial charge is 0.467 e. The fourth-order valence-electron chi connectivity index (χ4n) is 2.66. The quantitative estimate of drug-likeness (QED) is 0.751. The first-order valence-corrected chi connectivity index (χ1v) is 8.55. The van der Waals surface area contributed by atoms with Gasteiger partial charge in [0.25, 0.3) is 0 Å². The second kappa shape index (κ2) is 9.62. The van der Waals surface area contributed by atoms with Crippen LogP contribution in [0.4, 0.5) is 0 Å². The summed E-state index contributed by atoms with van der Waals surface area (Å²) in [6, 6.07) is 17.3. The molecule has 0 aliphatic carbocycles. The molecule has 1 amide bonds. The molecule has 2 rings (SSSR count). The summed E-state index contributed by atoms with van der Waals surface area (Å²) >= 11 is 0. The Hall–Kier alpha value is -2.62. The number of carbonyl (C=O) groups excluding carboxylic acids is 2. The molecule has 0 heterocycles. The van der Waals surface area contributed by atoms with Crippen molar-refractivity contribution in [2.45, 2.75) is 38.6 Å². The van der Waals surface area contributed by atoms with Crippen molar-refractivity contribution in [3.63, 3.8) is 0 Å². The van der Waals surface area contributed by atoms with Crippen LogP contribution < -0.4 is 5.32 Å². The van der Waals surface area contributed by atoms with Crippen molar-refractivity contribution in [1.29, 1.82) is 0 Å². The highest BCUT2D eigenvalue weighted by Gasteiger charge is 2.21. The van der Waals surface area contributed by atoms with Crippen LogP contribution in [0.1, 0.15) is 29.5 Å². The van der Waals surface area contributed by atoms with Crippen molar-refractivity contribution in [2.75, 3.05) is 7.11 Å². The van der Waals surface area contributed by atoms with Gasteiger partial charge in [-0.3, -0.25) is 4.79 Å². The second-order valence-corrected chi connectivity index (χ2v) is 6.17. The molecule has 2 aromatic rings. The third-order valence-corrected chi connectivity index (χ3v) is 4.09. The lowest BCUT2D eigenvalue weighted by molar-refractivity contribution is -0.145. The number of rotatable bonds is 8. The van der Waals surface area contributed by atoms with Crippen molar-refractivity contribution >= 4 is 11.9 Å². The van der Waals surface area contributed by atoms with Crippen LogP contribution in [0, 0.1) is 6.92 Å². The van der Waals surface area contributed by atoms with E-state index in [2.05, 4.69) is 36.5 Å². The summed E-state index contributed by atoms with van der Waals surface area (Å²) in [6.07, 6.45) is 2.40. The second-order valence-electron chi connectivity index (χ2n) is 6.17. The van der Waals surface area contributed by atoms with E-state index in [-0.39, 0.29) is 5.91 Å². The topological polar surface area (TPSA) is 55.4 Å². The molecule has 4 heteroatoms. The Balaban J connectivity index is 1.84. The number of methoxy groups -OCH3 is 1. The van der Waals surface area contributed by atoms with Gasteiger partial charge in [0.2, 0.25) is 5.91 Å². The van der Waals surface area contributed by atoms with Gasteiger partial charge in [-0.1, -0.05) is 60.2 Å². The molecule has 0 saturated heterocycles. The maximum Gasteiger partial charge on any atom is 0.328 e. The van der Waals surface area contributed by atoms with E-state index < -0.39 is 12.0 Å². The highest BCUT2D eigenvalue weighted by atomic mass is 16.5. The van der Waals surface area contributed by atoms with Gasteiger partial charge in [0.05, 0.1) is 7.11 Å². The summed E-state index contributed by atoms with van der Waals surface area (Å²) in [5.41, 5.74) is 3.42. The van der Waals surface area contributed by atoms with E-state index in [9.17, 15) is 9.59 Å². The van der Waals surface area contributed by atoms with Crippen molar-refractivity contribution in [2.24, 2.45) is 0 Å². The molecule has 0 aromatic heterocycles. The van der Waals surface area contributed by atoms with Crippen LogP contribution in [0.2, 0.25) is 0 Å². The standard InChI is InChI=1S/C21H25NO3/c1-16-11-13-17(14-12-16)9-6-10-20(23)22-19(21(24)25-2)15-18-7-4-3-5-8-18/h3-5,7-8,11-14,19H,6,9-10,15H2,1-2H3,(H,22,23). The van der Waals surface area contributed by atoms with Gasteiger partial charge in [-0.05, 0) is 30.9 Å². The maximum atomic E-state index is 12.2. The van der Waals surface area contributed by atoms with E-state index in [0.29, 0.717) is 12.8 Å². The molecule has 0 radical (unpaired) electrons. The van der Waals surface area contributed by atoms with Crippen LogP contribution in [0.25, 0.3) is 0 Å². The van der Waals surface area contributed by atoms with Crippen molar-refractivity contribution in [3.8, 4) is 0 Å². The van der Waals surface area contributed by atoms with Gasteiger partial charge in [-0.15, -0.1) is 0 Å². The van der Waals surface area contributed by atoms with E-state index >= 15 is 0 Å². The van der Waals surface area contributed by atoms with Crippen molar-refractivity contribution in [3.05, 3.63) is 71.3 Å². The fraction of sp³-hybridized carbons (Fsp3) is 0.333. The first-order chi connectivity index (χ1) is 12.1. The van der Waals surface area contributed by atoms with Gasteiger partial charge in [-0.25, -0.2) is 4.79 Å². The molecule has 25 heavy (non-hydrogen) atoms. The summed E-state index contributed by atoms with van der Waals surface area (Å²) in [5, 5.41) is 2.80. The Bertz CT molecular complexity index is 680. The summed E-state index contributed by atoms with van der Waals surface area (Å²) in [6.45, 7) is 2.05. The Kier molecular flexibility index (Phi) is 7.20. The molecular formula is C21H25NO3. The lowest BCUT2D eigenvalue weighted by atomic mass is 10.0. The predicted molar refractivity (Wildman–Crippen MR) is 98.2 cm³/mol. The minimum absolute atomic E-state index is 0.126. The minimum Gasteiger partial charge on any atom is -0.467 e. The van der Waals surface area contributed by atoms with Gasteiger partial charge < -0.3 is 10.1 Å². The number of hydrogen-bond donors (Lipinski definition) is 1. The average Bonchev–Trinajstić information content (AvgIpc) is 2.63. The Labute approximate surface area is 149 Å². The normalized spacial score (nSPS) is 11.6. The molecule has 0 fully saturated rings. The van der Waals surface area contributed by atoms with Crippen molar-refractivity contribution < 1.29 is 14.3 Å². The van der Waals surface area contributed by atoms with Crippen LogP contribution in [-0.4, -0.2) is 25.0 Å². The number of hydrogen-bond acceptors (Lipinski definition) is 3. The molecular weight excluding hydrogens is 314 g/mol. The van der Waals surface area contributed by atoms with Gasteiger partial charge in [0, 0.05) is 12.8 Å². The Morgan fingerprint density at radius 1 is 1.00 bits per heavy atom. The number of amides is 1. The summed E-state index contributed by atoms with van der Waals surface area (Å²) < 4.78 is 4.82. The molecule has 1 N–H and O–H groups in total. The summed E-state index contributed by atoms with van der Waals surface area (Å²) in [7, 11) is 1.34. The molecule has 0 bridgehead atoms. The molecule has 132 valence electrons. The van der Waals surface area contributed by atoms with Crippen LogP contribution in [-0.2, 0) is 27.2 Å². The van der Waals surface area contributed by atoms with Crippen LogP contribution >= 0.6 is 0 Å². The molecule has 0 aliphatic heterocycles. The van der Waals surface area contributed by atoms with Gasteiger partial charge in [0.1, 0.15) is 6.04 Å². The fourth-order valence-corrected chi connectivity index (χ4v) is 2.66. The molecule has 1 atom stereocenters. The number of carbonyl (C=O) groups is 2. The molecule has 2 aromatic carbocycles. The Morgan fingerprint density at radius 3 is 2.32 bits per heavy atom. The molecule has 4 nitrogen and oxygen atoms in total. The summed E-state index contributed by atoms with van der Waals surface area (Å²) in [5.74, 6) is -0.547. The highest BCUT2D eigenvalue weighted by molar-refractivity contribution is 5.84. The van der Waals surface area contributed by atoms with Crippen molar-refractivity contribution in [1.82, 2.24) is 5.32 Å². The third-order valence-electron chi connectivity index (χ3n) is 4.09. The zero-order valence-electron chi connectivity index (χ0n) is 14.8. The monoisotopic (exact) mass is 339 g/mol. The lowest BCUT2D eigenvalue weighted by Gasteiger charge is -2.16. The Morgan fingerprint density at radius 2 is 1.68 bits per heavy atom. The van der Waals surface area contributed by atoms with E-state index in [1.807, 2.05) is 30.3 Å². The zero-order valence-corrected chi connectivity index (χ0v) is 14.8. The molecule has 1 unspecified atom stereocenters. The lowest BCUT2D eigenvalue weighted by Crippen LogP contribution is -2.43. The zero-order chi connectivity index (χ0) is 18.1. The van der Waals surface area contributed by atoms with Crippen LogP contribution in [0.3, 0.4) is 0 Å². The maximum absolute atomic E-state index is 12.2. The molecule has 0 aliphatic rings. The third kappa shape index (κ3) is 6.42. The SMILES string of the molecule is COC(=O)C(Cc1ccccc1)NC(=O)CCCc1ccc(C)cc1. The van der Waals surface area contributed by atoms with Crippen LogP contribution in [0.15, 0.2) is 54.6 Å². The minimum atomic E-state index is -0.653. The van der Waals surface area contributed by atoms with Gasteiger partial charge in [0.15, 0.2) is 0 Å². The number of nitrogens with one attached hydrogen (secondary N) is 1. The predicted octanol–water partition coefficient (Wildman–Crippen LogP) is 3.22. The molecule has 0 spiro atoms. The van der Waals surface area contributed by atoms with Gasteiger partial charge >= 0.3 is 5.97 Å². The average molecular weight is 339 g/mol. The molecule has 0 saturated carbocycles. The first kappa shape index (κ1) is 18.7. The number of benzene rings is 2. The number of ether oxygens (including phenoxy) is 1. The smallest absolute Gasteiger partial charge is 0.328 e.